The van der Waals surface area contributed by atoms with E-state index >= 15 is 0 Å². The van der Waals surface area contributed by atoms with Crippen molar-refractivity contribution in [2.45, 2.75) is 52.1 Å². The number of rotatable bonds is 5. The van der Waals surface area contributed by atoms with Crippen LogP contribution in [0.2, 0.25) is 0 Å². The summed E-state index contributed by atoms with van der Waals surface area (Å²) in [6.07, 6.45) is 2.62. The molecule has 1 amide bonds. The Morgan fingerprint density at radius 2 is 1.46 bits per heavy atom. The highest BCUT2D eigenvalue weighted by Gasteiger charge is 2.35. The Bertz CT molecular complexity index is 499. The van der Waals surface area contributed by atoms with Crippen LogP contribution in [0.5, 0.6) is 0 Å². The van der Waals surface area contributed by atoms with Crippen molar-refractivity contribution in [1.82, 2.24) is 24.5 Å². The van der Waals surface area contributed by atoms with Crippen molar-refractivity contribution in [3.05, 3.63) is 0 Å². The molecule has 3 fully saturated rings. The molecule has 3 heterocycles. The van der Waals surface area contributed by atoms with E-state index in [9.17, 15) is 4.79 Å². The Balaban J connectivity index is 1.42. The summed E-state index contributed by atoms with van der Waals surface area (Å²) in [6, 6.07) is 0.784. The molecule has 0 spiro atoms. The smallest absolute Gasteiger partial charge is 0.225 e. The molecule has 3 saturated heterocycles. The van der Waals surface area contributed by atoms with Crippen LogP contribution in [0.1, 0.15) is 40.5 Å². The molecule has 6 nitrogen and oxygen atoms in total. The predicted molar refractivity (Wildman–Crippen MR) is 116 cm³/mol. The molecule has 6 heteroatoms. The standard InChI is InChI=1S/C22H43N5O/c1-19(2)21(28)26-16-12-24(13-17-26)18-22(3,4)27-8-6-20(7-9-27)25-14-10-23(5)11-15-25/h19-20H,6-18H2,1-5H3. The number of carbonyl (C=O) groups is 1. The Labute approximate surface area is 172 Å². The molecule has 0 atom stereocenters. The lowest BCUT2D eigenvalue weighted by Crippen LogP contribution is -2.60. The first-order chi connectivity index (χ1) is 13.3. The molecule has 0 aromatic heterocycles. The van der Waals surface area contributed by atoms with Crippen LogP contribution in [0.25, 0.3) is 0 Å². The van der Waals surface area contributed by atoms with Gasteiger partial charge in [0, 0.05) is 89.5 Å². The summed E-state index contributed by atoms with van der Waals surface area (Å²) < 4.78 is 0. The molecule has 3 rings (SSSR count). The highest BCUT2D eigenvalue weighted by Crippen LogP contribution is 2.25. The SMILES string of the molecule is CC(C)C(=O)N1CCN(CC(C)(C)N2CCC(N3CCN(C)CC3)CC2)CC1. The number of nitrogens with zero attached hydrogens (tertiary/aromatic N) is 5. The topological polar surface area (TPSA) is 33.3 Å². The van der Waals surface area contributed by atoms with E-state index in [0.29, 0.717) is 5.91 Å². The summed E-state index contributed by atoms with van der Waals surface area (Å²) in [6.45, 7) is 21.1. The van der Waals surface area contributed by atoms with Crippen LogP contribution >= 0.6 is 0 Å². The quantitative estimate of drug-likeness (QED) is 0.703. The van der Waals surface area contributed by atoms with Crippen molar-refractivity contribution in [3.8, 4) is 0 Å². The normalized spacial score (nSPS) is 25.6. The molecule has 0 aliphatic carbocycles. The molecule has 3 aliphatic rings. The number of piperidine rings is 1. The average Bonchev–Trinajstić information content (AvgIpc) is 2.68. The monoisotopic (exact) mass is 393 g/mol. The number of carbonyl (C=O) groups excluding carboxylic acids is 1. The molecule has 0 radical (unpaired) electrons. The minimum Gasteiger partial charge on any atom is -0.340 e. The summed E-state index contributed by atoms with van der Waals surface area (Å²) in [5, 5.41) is 0. The number of likely N-dealkylation sites (N-methyl/N-ethyl adjacent to an activating group) is 1. The lowest BCUT2D eigenvalue weighted by Gasteiger charge is -2.48. The second-order valence-electron chi connectivity index (χ2n) is 10.1. The largest absolute Gasteiger partial charge is 0.340 e. The number of hydrogen-bond acceptors (Lipinski definition) is 5. The van der Waals surface area contributed by atoms with Crippen LogP contribution in [-0.2, 0) is 4.79 Å². The zero-order valence-corrected chi connectivity index (χ0v) is 19.0. The fourth-order valence-corrected chi connectivity index (χ4v) is 5.16. The highest BCUT2D eigenvalue weighted by atomic mass is 16.2. The number of likely N-dealkylation sites (tertiary alicyclic amines) is 1. The van der Waals surface area contributed by atoms with Gasteiger partial charge in [0.05, 0.1) is 0 Å². The van der Waals surface area contributed by atoms with Crippen LogP contribution in [0, 0.1) is 5.92 Å². The first kappa shape index (κ1) is 22.0. The molecule has 162 valence electrons. The fourth-order valence-electron chi connectivity index (χ4n) is 5.16. The second kappa shape index (κ2) is 9.41. The van der Waals surface area contributed by atoms with Crippen molar-refractivity contribution in [2.24, 2.45) is 5.92 Å². The van der Waals surface area contributed by atoms with Crippen molar-refractivity contribution in [2.75, 3.05) is 79.0 Å². The molecule has 0 saturated carbocycles. The van der Waals surface area contributed by atoms with E-state index in [1.807, 2.05) is 13.8 Å². The highest BCUT2D eigenvalue weighted by molar-refractivity contribution is 5.78. The van der Waals surface area contributed by atoms with E-state index < -0.39 is 0 Å². The Hall–Kier alpha value is -0.690. The van der Waals surface area contributed by atoms with Gasteiger partial charge in [0.1, 0.15) is 0 Å². The summed E-state index contributed by atoms with van der Waals surface area (Å²) in [5.74, 6) is 0.425. The summed E-state index contributed by atoms with van der Waals surface area (Å²) >= 11 is 0. The van der Waals surface area contributed by atoms with Crippen LogP contribution in [-0.4, -0.2) is 121 Å². The van der Waals surface area contributed by atoms with Gasteiger partial charge in [-0.15, -0.1) is 0 Å². The van der Waals surface area contributed by atoms with Crippen molar-refractivity contribution in [3.63, 3.8) is 0 Å². The Kier molecular flexibility index (Phi) is 7.40. The van der Waals surface area contributed by atoms with Gasteiger partial charge in [0.2, 0.25) is 5.91 Å². The molecule has 0 aromatic carbocycles. The second-order valence-corrected chi connectivity index (χ2v) is 10.1. The van der Waals surface area contributed by atoms with E-state index in [2.05, 4.69) is 45.4 Å². The first-order valence-corrected chi connectivity index (χ1v) is 11.4. The lowest BCUT2D eigenvalue weighted by atomic mass is 9.94. The van der Waals surface area contributed by atoms with E-state index in [1.165, 1.54) is 52.1 Å². The number of amides is 1. The molecule has 0 unspecified atom stereocenters. The van der Waals surface area contributed by atoms with Crippen molar-refractivity contribution < 1.29 is 4.79 Å². The maximum absolute atomic E-state index is 12.2. The molecular formula is C22H43N5O. The molecule has 0 aromatic rings. The zero-order chi connectivity index (χ0) is 20.3. The third kappa shape index (κ3) is 5.47. The third-order valence-corrected chi connectivity index (χ3v) is 7.16. The fraction of sp³-hybridized carbons (Fsp3) is 0.955. The van der Waals surface area contributed by atoms with Gasteiger partial charge in [0.15, 0.2) is 0 Å². The van der Waals surface area contributed by atoms with Gasteiger partial charge in [-0.2, -0.15) is 0 Å². The van der Waals surface area contributed by atoms with Gasteiger partial charge in [-0.1, -0.05) is 13.8 Å². The molecule has 3 aliphatic heterocycles. The minimum absolute atomic E-state index is 0.115. The summed E-state index contributed by atoms with van der Waals surface area (Å²) in [5.41, 5.74) is 0.206. The summed E-state index contributed by atoms with van der Waals surface area (Å²) in [7, 11) is 2.24. The van der Waals surface area contributed by atoms with Gasteiger partial charge in [0.25, 0.3) is 0 Å². The van der Waals surface area contributed by atoms with Gasteiger partial charge < -0.3 is 9.80 Å². The lowest BCUT2D eigenvalue weighted by molar-refractivity contribution is -0.136. The Morgan fingerprint density at radius 3 is 2.00 bits per heavy atom. The van der Waals surface area contributed by atoms with Gasteiger partial charge >= 0.3 is 0 Å². The van der Waals surface area contributed by atoms with E-state index in [-0.39, 0.29) is 11.5 Å². The van der Waals surface area contributed by atoms with Crippen LogP contribution in [0.4, 0.5) is 0 Å². The van der Waals surface area contributed by atoms with E-state index in [0.717, 1.165) is 38.8 Å². The Morgan fingerprint density at radius 1 is 0.893 bits per heavy atom. The minimum atomic E-state index is 0.115. The average molecular weight is 394 g/mol. The maximum Gasteiger partial charge on any atom is 0.225 e. The predicted octanol–water partition coefficient (Wildman–Crippen LogP) is 1.28. The maximum atomic E-state index is 12.2. The van der Waals surface area contributed by atoms with Crippen LogP contribution in [0.15, 0.2) is 0 Å². The molecule has 0 N–H and O–H groups in total. The number of piperazine rings is 2. The van der Waals surface area contributed by atoms with Gasteiger partial charge in [-0.05, 0) is 33.7 Å². The molecular weight excluding hydrogens is 350 g/mol. The molecule has 28 heavy (non-hydrogen) atoms. The number of hydrogen-bond donors (Lipinski definition) is 0. The van der Waals surface area contributed by atoms with Gasteiger partial charge in [-0.25, -0.2) is 0 Å². The third-order valence-electron chi connectivity index (χ3n) is 7.16. The van der Waals surface area contributed by atoms with Gasteiger partial charge in [-0.3, -0.25) is 19.5 Å². The summed E-state index contributed by atoms with van der Waals surface area (Å²) in [4.78, 5) is 24.7. The first-order valence-electron chi connectivity index (χ1n) is 11.4. The molecule has 0 bridgehead atoms. The van der Waals surface area contributed by atoms with E-state index in [4.69, 9.17) is 0 Å². The zero-order valence-electron chi connectivity index (χ0n) is 19.0. The van der Waals surface area contributed by atoms with Crippen molar-refractivity contribution in [1.29, 1.82) is 0 Å². The van der Waals surface area contributed by atoms with Crippen LogP contribution < -0.4 is 0 Å². The van der Waals surface area contributed by atoms with E-state index in [1.54, 1.807) is 0 Å². The van der Waals surface area contributed by atoms with Crippen LogP contribution in [0.3, 0.4) is 0 Å². The van der Waals surface area contributed by atoms with Crippen molar-refractivity contribution >= 4 is 5.91 Å².